The van der Waals surface area contributed by atoms with Crippen molar-refractivity contribution in [1.29, 1.82) is 0 Å². The maximum Gasteiger partial charge on any atom is 0.252 e. The van der Waals surface area contributed by atoms with Crippen LogP contribution in [0.25, 0.3) is 22.4 Å². The molecule has 0 fully saturated rings. The van der Waals surface area contributed by atoms with Gasteiger partial charge in [0.15, 0.2) is 5.78 Å². The molecule has 0 radical (unpaired) electrons. The summed E-state index contributed by atoms with van der Waals surface area (Å²) in [6.45, 7) is 0. The van der Waals surface area contributed by atoms with Gasteiger partial charge in [0, 0.05) is 41.1 Å². The van der Waals surface area contributed by atoms with Crippen molar-refractivity contribution in [3.8, 4) is 11.4 Å². The van der Waals surface area contributed by atoms with Crippen LogP contribution in [0.3, 0.4) is 0 Å². The predicted molar refractivity (Wildman–Crippen MR) is 140 cm³/mol. The van der Waals surface area contributed by atoms with Gasteiger partial charge >= 0.3 is 0 Å². The molecule has 5 aromatic rings. The maximum atomic E-state index is 13.0. The summed E-state index contributed by atoms with van der Waals surface area (Å²) in [5, 5.41) is 2.72. The molecule has 0 aliphatic heterocycles. The molecule has 4 N–H and O–H groups in total. The molecule has 0 aliphatic rings. The van der Waals surface area contributed by atoms with Gasteiger partial charge in [0.05, 0.1) is 11.0 Å². The molecule has 182 valence electrons. The van der Waals surface area contributed by atoms with Crippen molar-refractivity contribution in [2.24, 2.45) is 5.73 Å². The molecule has 0 bridgehead atoms. The zero-order chi connectivity index (χ0) is 25.8. The number of benzene rings is 3. The Kier molecular flexibility index (Phi) is 6.54. The van der Waals surface area contributed by atoms with Gasteiger partial charge in [-0.2, -0.15) is 0 Å². The fraction of sp³-hybridized carbons (Fsp3) is 0.0690. The molecule has 0 saturated carbocycles. The Bertz CT molecular complexity index is 1580. The van der Waals surface area contributed by atoms with E-state index in [1.807, 2.05) is 30.3 Å². The number of nitrogens with two attached hydrogens (primary N) is 1. The predicted octanol–water partition coefficient (Wildman–Crippen LogP) is 3.68. The third-order valence-electron chi connectivity index (χ3n) is 6.04. The Labute approximate surface area is 212 Å². The fourth-order valence-electron chi connectivity index (χ4n) is 4.05. The van der Waals surface area contributed by atoms with Gasteiger partial charge in [-0.1, -0.05) is 54.6 Å². The zero-order valence-corrected chi connectivity index (χ0v) is 19.7. The van der Waals surface area contributed by atoms with E-state index in [4.69, 9.17) is 5.73 Å². The average molecular weight is 490 g/mol. The maximum absolute atomic E-state index is 13.0. The van der Waals surface area contributed by atoms with Gasteiger partial charge in [-0.3, -0.25) is 19.4 Å². The lowest BCUT2D eigenvalue weighted by Gasteiger charge is -2.16. The van der Waals surface area contributed by atoms with E-state index >= 15 is 0 Å². The van der Waals surface area contributed by atoms with Crippen LogP contribution in [0.4, 0.5) is 0 Å². The number of fused-ring (bicyclic) bond motifs is 1. The summed E-state index contributed by atoms with van der Waals surface area (Å²) in [5.74, 6) is -0.505. The highest BCUT2D eigenvalue weighted by atomic mass is 16.2. The number of aromatic nitrogens is 3. The molecular formula is C29H23N5O3. The van der Waals surface area contributed by atoms with Gasteiger partial charge in [-0.05, 0) is 35.9 Å². The third-order valence-corrected chi connectivity index (χ3v) is 6.04. The van der Waals surface area contributed by atoms with E-state index in [0.29, 0.717) is 33.5 Å². The molecule has 0 saturated heterocycles. The molecule has 0 unspecified atom stereocenters. The minimum absolute atomic E-state index is 0.0896. The summed E-state index contributed by atoms with van der Waals surface area (Å²) in [7, 11) is 0. The molecule has 0 aliphatic carbocycles. The van der Waals surface area contributed by atoms with Gasteiger partial charge in [0.25, 0.3) is 5.91 Å². The van der Waals surface area contributed by atoms with Crippen LogP contribution in [-0.4, -0.2) is 38.6 Å². The van der Waals surface area contributed by atoms with Gasteiger partial charge in [-0.25, -0.2) is 4.98 Å². The number of primary amides is 1. The monoisotopic (exact) mass is 489 g/mol. The van der Waals surface area contributed by atoms with Crippen LogP contribution in [0, 0.1) is 0 Å². The number of carbonyl (C=O) groups is 3. The minimum atomic E-state index is -0.923. The van der Waals surface area contributed by atoms with E-state index in [0.717, 1.165) is 11.1 Å². The first kappa shape index (κ1) is 23.6. The van der Waals surface area contributed by atoms with Crippen LogP contribution in [0.2, 0.25) is 0 Å². The van der Waals surface area contributed by atoms with Crippen molar-refractivity contribution in [3.05, 3.63) is 120 Å². The lowest BCUT2D eigenvalue weighted by molar-refractivity contribution is -0.119. The molecule has 0 spiro atoms. The number of nitrogens with one attached hydrogen (secondary N) is 2. The number of hydrogen-bond donors (Lipinski definition) is 3. The van der Waals surface area contributed by atoms with Crippen molar-refractivity contribution in [2.45, 2.75) is 12.5 Å². The molecule has 1 atom stereocenters. The molecular weight excluding hydrogens is 466 g/mol. The lowest BCUT2D eigenvalue weighted by atomic mass is 9.99. The first-order valence-electron chi connectivity index (χ1n) is 11.7. The van der Waals surface area contributed by atoms with E-state index < -0.39 is 17.9 Å². The van der Waals surface area contributed by atoms with Gasteiger partial charge in [0.1, 0.15) is 11.9 Å². The first-order valence-corrected chi connectivity index (χ1v) is 11.7. The molecule has 2 heterocycles. The topological polar surface area (TPSA) is 131 Å². The Morgan fingerprint density at radius 1 is 0.838 bits per heavy atom. The third kappa shape index (κ3) is 5.28. The second-order valence-corrected chi connectivity index (χ2v) is 8.58. The second-order valence-electron chi connectivity index (χ2n) is 8.58. The summed E-state index contributed by atoms with van der Waals surface area (Å²) < 4.78 is 0. The SMILES string of the molecule is NC(=O)[C@@H](Cc1ccc(C(=O)c2ccccc2)cc1)NC(=O)c1ccc2nc(-c3ccncc3)[nH]c2c1. The summed E-state index contributed by atoms with van der Waals surface area (Å²) >= 11 is 0. The van der Waals surface area contributed by atoms with E-state index in [1.54, 1.807) is 67.0 Å². The number of nitrogens with zero attached hydrogens (tertiary/aromatic N) is 2. The summed E-state index contributed by atoms with van der Waals surface area (Å²) in [6, 6.07) is 23.8. The number of ketones is 1. The van der Waals surface area contributed by atoms with Crippen LogP contribution >= 0.6 is 0 Å². The molecule has 8 nitrogen and oxygen atoms in total. The number of imidazole rings is 1. The van der Waals surface area contributed by atoms with E-state index in [2.05, 4.69) is 20.3 Å². The van der Waals surface area contributed by atoms with Gasteiger partial charge < -0.3 is 16.0 Å². The van der Waals surface area contributed by atoms with E-state index in [1.165, 1.54) is 0 Å². The van der Waals surface area contributed by atoms with E-state index in [9.17, 15) is 14.4 Å². The van der Waals surface area contributed by atoms with Crippen molar-refractivity contribution in [2.75, 3.05) is 0 Å². The van der Waals surface area contributed by atoms with Crippen molar-refractivity contribution in [3.63, 3.8) is 0 Å². The highest BCUT2D eigenvalue weighted by molar-refractivity contribution is 6.09. The number of hydrogen-bond acceptors (Lipinski definition) is 5. The standard InChI is InChI=1S/C29H23N5O3/c30-27(36)25(16-18-6-8-20(9-7-18)26(35)19-4-2-1-3-5-19)34-29(37)22-10-11-23-24(17-22)33-28(32-23)21-12-14-31-15-13-21/h1-15,17,25H,16H2,(H2,30,36)(H,32,33)(H,34,37)/t25-/m1/s1. The number of carbonyl (C=O) groups excluding carboxylic acids is 3. The Morgan fingerprint density at radius 2 is 1.51 bits per heavy atom. The molecule has 37 heavy (non-hydrogen) atoms. The number of pyridine rings is 1. The zero-order valence-electron chi connectivity index (χ0n) is 19.7. The van der Waals surface area contributed by atoms with Crippen LogP contribution in [0.1, 0.15) is 31.8 Å². The summed E-state index contributed by atoms with van der Waals surface area (Å²) in [6.07, 6.45) is 3.56. The molecule has 5 rings (SSSR count). The van der Waals surface area contributed by atoms with Crippen LogP contribution in [-0.2, 0) is 11.2 Å². The number of H-pyrrole nitrogens is 1. The van der Waals surface area contributed by atoms with Crippen LogP contribution in [0.5, 0.6) is 0 Å². The van der Waals surface area contributed by atoms with Crippen molar-refractivity contribution in [1.82, 2.24) is 20.3 Å². The number of amides is 2. The Hall–Kier alpha value is -5.11. The lowest BCUT2D eigenvalue weighted by Crippen LogP contribution is -2.45. The Balaban J connectivity index is 1.29. The summed E-state index contributed by atoms with van der Waals surface area (Å²) in [4.78, 5) is 49.5. The van der Waals surface area contributed by atoms with Crippen molar-refractivity contribution >= 4 is 28.6 Å². The second kappa shape index (κ2) is 10.2. The molecule has 2 amide bonds. The van der Waals surface area contributed by atoms with Gasteiger partial charge in [-0.15, -0.1) is 0 Å². The molecule has 8 heteroatoms. The largest absolute Gasteiger partial charge is 0.368 e. The highest BCUT2D eigenvalue weighted by Crippen LogP contribution is 2.21. The molecule has 2 aromatic heterocycles. The average Bonchev–Trinajstić information content (AvgIpc) is 3.37. The smallest absolute Gasteiger partial charge is 0.252 e. The number of rotatable bonds is 8. The normalized spacial score (nSPS) is 11.7. The minimum Gasteiger partial charge on any atom is -0.368 e. The van der Waals surface area contributed by atoms with Gasteiger partial charge in [0.2, 0.25) is 5.91 Å². The van der Waals surface area contributed by atoms with Crippen LogP contribution < -0.4 is 11.1 Å². The molecule has 3 aromatic carbocycles. The fourth-order valence-corrected chi connectivity index (χ4v) is 4.05. The number of aromatic amines is 1. The highest BCUT2D eigenvalue weighted by Gasteiger charge is 2.20. The first-order chi connectivity index (χ1) is 18.0. The summed E-state index contributed by atoms with van der Waals surface area (Å²) in [5.41, 5.74) is 10.1. The van der Waals surface area contributed by atoms with Crippen LogP contribution in [0.15, 0.2) is 97.3 Å². The van der Waals surface area contributed by atoms with Crippen molar-refractivity contribution < 1.29 is 14.4 Å². The quantitative estimate of drug-likeness (QED) is 0.286. The Morgan fingerprint density at radius 3 is 2.22 bits per heavy atom. The van der Waals surface area contributed by atoms with E-state index in [-0.39, 0.29) is 12.2 Å².